The summed E-state index contributed by atoms with van der Waals surface area (Å²) in [6.45, 7) is 5.31. The van der Waals surface area contributed by atoms with E-state index in [0.717, 1.165) is 12.8 Å². The lowest BCUT2D eigenvalue weighted by Crippen LogP contribution is -2.28. The number of rotatable bonds is 4. The van der Waals surface area contributed by atoms with Crippen molar-refractivity contribution < 1.29 is 19.1 Å². The molecule has 1 heterocycles. The highest BCUT2D eigenvalue weighted by molar-refractivity contribution is 5.94. The molecule has 2 rings (SSSR count). The van der Waals surface area contributed by atoms with Gasteiger partial charge in [0.2, 0.25) is 0 Å². The molecule has 0 bridgehead atoms. The number of carbonyl (C=O) groups excluding carboxylic acids is 2. The molecule has 126 valence electrons. The zero-order valence-electron chi connectivity index (χ0n) is 14.0. The van der Waals surface area contributed by atoms with Crippen molar-refractivity contribution in [1.29, 1.82) is 0 Å². The molecule has 8 nitrogen and oxygen atoms in total. The Morgan fingerprint density at radius 3 is 2.48 bits per heavy atom. The summed E-state index contributed by atoms with van der Waals surface area (Å²) >= 11 is 0. The summed E-state index contributed by atoms with van der Waals surface area (Å²) in [5, 5.41) is 10.3. The average Bonchev–Trinajstić information content (AvgIpc) is 3.28. The SMILES string of the molecule is COC(=O)c1nnc(NC(=O)OC(C)(C)C)cc1N(C)C1CC1. The Balaban J connectivity index is 2.23. The topological polar surface area (TPSA) is 93.7 Å². The predicted molar refractivity (Wildman–Crippen MR) is 84.7 cm³/mol. The van der Waals surface area contributed by atoms with E-state index in [4.69, 9.17) is 9.47 Å². The molecule has 1 aromatic heterocycles. The largest absolute Gasteiger partial charge is 0.464 e. The van der Waals surface area contributed by atoms with Crippen molar-refractivity contribution in [2.45, 2.75) is 45.3 Å². The molecule has 0 aliphatic heterocycles. The van der Waals surface area contributed by atoms with Gasteiger partial charge in [-0.25, -0.2) is 9.59 Å². The molecule has 1 saturated carbocycles. The number of amides is 1. The number of hydrogen-bond acceptors (Lipinski definition) is 7. The normalized spacial score (nSPS) is 14.1. The van der Waals surface area contributed by atoms with E-state index < -0.39 is 17.7 Å². The zero-order valence-corrected chi connectivity index (χ0v) is 14.0. The third kappa shape index (κ3) is 4.54. The van der Waals surface area contributed by atoms with Crippen LogP contribution in [0.3, 0.4) is 0 Å². The fourth-order valence-corrected chi connectivity index (χ4v) is 2.02. The minimum atomic E-state index is -0.627. The summed E-state index contributed by atoms with van der Waals surface area (Å²) in [6, 6.07) is 1.96. The summed E-state index contributed by atoms with van der Waals surface area (Å²) < 4.78 is 9.91. The Morgan fingerprint density at radius 2 is 1.96 bits per heavy atom. The van der Waals surface area contributed by atoms with Crippen LogP contribution in [-0.2, 0) is 9.47 Å². The number of anilines is 2. The third-order valence-electron chi connectivity index (χ3n) is 3.26. The average molecular weight is 322 g/mol. The Labute approximate surface area is 135 Å². The minimum absolute atomic E-state index is 0.122. The first kappa shape index (κ1) is 17.0. The van der Waals surface area contributed by atoms with Crippen LogP contribution < -0.4 is 10.2 Å². The first-order valence-corrected chi connectivity index (χ1v) is 7.40. The van der Waals surface area contributed by atoms with Crippen molar-refractivity contribution in [3.05, 3.63) is 11.8 Å². The molecular formula is C15H22N4O4. The molecule has 1 amide bonds. The maximum atomic E-state index is 11.8. The van der Waals surface area contributed by atoms with E-state index in [1.807, 2.05) is 11.9 Å². The van der Waals surface area contributed by atoms with Crippen LogP contribution in [0.5, 0.6) is 0 Å². The predicted octanol–water partition coefficient (Wildman–Crippen LogP) is 2.21. The second kappa shape index (κ2) is 6.39. The van der Waals surface area contributed by atoms with Gasteiger partial charge in [-0.3, -0.25) is 5.32 Å². The van der Waals surface area contributed by atoms with Crippen molar-refractivity contribution in [3.8, 4) is 0 Å². The molecule has 0 unspecified atom stereocenters. The van der Waals surface area contributed by atoms with Crippen molar-refractivity contribution in [2.24, 2.45) is 0 Å². The maximum absolute atomic E-state index is 11.8. The Bertz CT molecular complexity index is 608. The van der Waals surface area contributed by atoms with Crippen molar-refractivity contribution >= 4 is 23.6 Å². The van der Waals surface area contributed by atoms with Crippen molar-refractivity contribution in [2.75, 3.05) is 24.4 Å². The third-order valence-corrected chi connectivity index (χ3v) is 3.26. The van der Waals surface area contributed by atoms with Crippen LogP contribution in [0.1, 0.15) is 44.1 Å². The number of esters is 1. The van der Waals surface area contributed by atoms with Gasteiger partial charge in [0.1, 0.15) is 5.60 Å². The number of nitrogens with zero attached hydrogens (tertiary/aromatic N) is 3. The van der Waals surface area contributed by atoms with Crippen LogP contribution in [-0.4, -0.2) is 48.1 Å². The van der Waals surface area contributed by atoms with Gasteiger partial charge >= 0.3 is 12.1 Å². The van der Waals surface area contributed by atoms with Crippen LogP contribution in [0.4, 0.5) is 16.3 Å². The molecule has 0 radical (unpaired) electrons. The second-order valence-corrected chi connectivity index (χ2v) is 6.42. The molecule has 1 aliphatic carbocycles. The van der Waals surface area contributed by atoms with E-state index in [0.29, 0.717) is 11.7 Å². The zero-order chi connectivity index (χ0) is 17.2. The lowest BCUT2D eigenvalue weighted by molar-refractivity contribution is 0.0592. The molecule has 0 atom stereocenters. The molecule has 23 heavy (non-hydrogen) atoms. The van der Waals surface area contributed by atoms with E-state index in [1.165, 1.54) is 7.11 Å². The molecule has 1 aliphatic rings. The Morgan fingerprint density at radius 1 is 1.30 bits per heavy atom. The fraction of sp³-hybridized carbons (Fsp3) is 0.600. The van der Waals surface area contributed by atoms with Gasteiger partial charge in [-0.15, -0.1) is 10.2 Å². The van der Waals surface area contributed by atoms with Crippen LogP contribution in [0.2, 0.25) is 0 Å². The van der Waals surface area contributed by atoms with E-state index >= 15 is 0 Å². The van der Waals surface area contributed by atoms with Gasteiger partial charge in [-0.2, -0.15) is 0 Å². The lowest BCUT2D eigenvalue weighted by atomic mass is 10.2. The van der Waals surface area contributed by atoms with Crippen molar-refractivity contribution in [3.63, 3.8) is 0 Å². The molecule has 8 heteroatoms. The van der Waals surface area contributed by atoms with E-state index in [2.05, 4.69) is 15.5 Å². The van der Waals surface area contributed by atoms with Gasteiger partial charge in [-0.1, -0.05) is 0 Å². The summed E-state index contributed by atoms with van der Waals surface area (Å²) in [5.41, 5.74) is 0.0777. The number of nitrogens with one attached hydrogen (secondary N) is 1. The molecule has 1 fully saturated rings. The molecule has 1 aromatic rings. The van der Waals surface area contributed by atoms with Crippen LogP contribution in [0, 0.1) is 0 Å². The fourth-order valence-electron chi connectivity index (χ4n) is 2.02. The van der Waals surface area contributed by atoms with Crippen molar-refractivity contribution in [1.82, 2.24) is 10.2 Å². The monoisotopic (exact) mass is 322 g/mol. The quantitative estimate of drug-likeness (QED) is 0.849. The summed E-state index contributed by atoms with van der Waals surface area (Å²) in [6.07, 6.45) is 1.47. The maximum Gasteiger partial charge on any atom is 0.413 e. The summed E-state index contributed by atoms with van der Waals surface area (Å²) in [5.74, 6) is -0.349. The summed E-state index contributed by atoms with van der Waals surface area (Å²) in [7, 11) is 3.16. The number of hydrogen-bond donors (Lipinski definition) is 1. The van der Waals surface area contributed by atoms with Gasteiger partial charge in [0.25, 0.3) is 0 Å². The van der Waals surface area contributed by atoms with E-state index in [1.54, 1.807) is 26.8 Å². The standard InChI is InChI=1S/C15H22N4O4/c1-15(2,3)23-14(21)16-11-8-10(19(4)9-6-7-9)12(18-17-11)13(20)22-5/h8-9H,6-7H2,1-5H3,(H,16,17,21). The molecule has 0 aromatic carbocycles. The van der Waals surface area contributed by atoms with E-state index in [-0.39, 0.29) is 11.5 Å². The first-order valence-electron chi connectivity index (χ1n) is 7.40. The van der Waals surface area contributed by atoms with E-state index in [9.17, 15) is 9.59 Å². The Kier molecular flexibility index (Phi) is 4.72. The smallest absolute Gasteiger partial charge is 0.413 e. The lowest BCUT2D eigenvalue weighted by Gasteiger charge is -2.22. The summed E-state index contributed by atoms with van der Waals surface area (Å²) in [4.78, 5) is 25.6. The Hall–Kier alpha value is -2.38. The van der Waals surface area contributed by atoms with Crippen LogP contribution in [0.15, 0.2) is 6.07 Å². The highest BCUT2D eigenvalue weighted by Crippen LogP contribution is 2.32. The number of carbonyl (C=O) groups is 2. The molecule has 0 spiro atoms. The minimum Gasteiger partial charge on any atom is -0.464 e. The number of ether oxygens (including phenoxy) is 2. The van der Waals surface area contributed by atoms with Gasteiger partial charge in [-0.05, 0) is 33.6 Å². The van der Waals surface area contributed by atoms with Crippen LogP contribution in [0.25, 0.3) is 0 Å². The van der Waals surface area contributed by atoms with Gasteiger partial charge in [0.05, 0.1) is 12.8 Å². The number of methoxy groups -OCH3 is 1. The van der Waals surface area contributed by atoms with Gasteiger partial charge in [0, 0.05) is 19.2 Å². The van der Waals surface area contributed by atoms with Gasteiger partial charge in [0.15, 0.2) is 11.5 Å². The molecule has 0 saturated heterocycles. The second-order valence-electron chi connectivity index (χ2n) is 6.42. The van der Waals surface area contributed by atoms with Crippen LogP contribution >= 0.6 is 0 Å². The number of aromatic nitrogens is 2. The highest BCUT2D eigenvalue weighted by atomic mass is 16.6. The molecular weight excluding hydrogens is 300 g/mol. The van der Waals surface area contributed by atoms with Gasteiger partial charge < -0.3 is 14.4 Å². The molecule has 1 N–H and O–H groups in total. The highest BCUT2D eigenvalue weighted by Gasteiger charge is 2.30. The first-order chi connectivity index (χ1) is 10.7.